The van der Waals surface area contributed by atoms with Gasteiger partial charge >= 0.3 is 8.80 Å². The largest absolute Gasteiger partial charge is 0.539 e. The van der Waals surface area contributed by atoms with Crippen LogP contribution in [0.5, 0.6) is 0 Å². The lowest BCUT2D eigenvalue weighted by Crippen LogP contribution is -2.47. The predicted octanol–water partition coefficient (Wildman–Crippen LogP) is 0.564. The molecule has 0 amide bonds. The Bertz CT molecular complexity index is 105. The van der Waals surface area contributed by atoms with Crippen LogP contribution in [0.25, 0.3) is 0 Å². The normalized spacial score (nSPS) is 11.2. The Morgan fingerprint density at radius 3 is 1.91 bits per heavy atom. The van der Waals surface area contributed by atoms with E-state index >= 15 is 0 Å². The molecule has 0 fully saturated rings. The Morgan fingerprint density at radius 2 is 1.64 bits per heavy atom. The van der Waals surface area contributed by atoms with Crippen LogP contribution in [-0.2, 0) is 18.0 Å². The Hall–Kier alpha value is -0.363. The summed E-state index contributed by atoms with van der Waals surface area (Å²) in [5, 5.41) is 0. The molecule has 0 aliphatic heterocycles. The Labute approximate surface area is 68.1 Å². The quantitative estimate of drug-likeness (QED) is 0.440. The van der Waals surface area contributed by atoms with Crippen LogP contribution in [0.3, 0.4) is 0 Å². The molecule has 0 aromatic rings. The fraction of sp³-hybridized carbons (Fsp3) is 0.667. The molecule has 0 aliphatic rings. The summed E-state index contributed by atoms with van der Waals surface area (Å²) in [5.74, 6) is 0. The van der Waals surface area contributed by atoms with E-state index in [1.54, 1.807) is 0 Å². The molecule has 0 saturated carbocycles. The molecule has 0 unspecified atom stereocenters. The van der Waals surface area contributed by atoms with Crippen molar-refractivity contribution in [1.29, 1.82) is 0 Å². The molecule has 0 aliphatic carbocycles. The van der Waals surface area contributed by atoms with Gasteiger partial charge < -0.3 is 18.0 Å². The van der Waals surface area contributed by atoms with E-state index in [1.165, 1.54) is 27.6 Å². The molecule has 5 heteroatoms. The molecule has 0 heterocycles. The molecule has 11 heavy (non-hydrogen) atoms. The molecule has 0 aromatic carbocycles. The topological polar surface area (TPSA) is 36.9 Å². The molecule has 0 bridgehead atoms. The highest BCUT2D eigenvalue weighted by Gasteiger charge is 2.38. The molecule has 66 valence electrons. The van der Waals surface area contributed by atoms with Gasteiger partial charge in [0.15, 0.2) is 6.23 Å². The minimum absolute atomic E-state index is 0.292. The summed E-state index contributed by atoms with van der Waals surface area (Å²) in [6.07, 6.45) is 1.62. The van der Waals surface area contributed by atoms with Gasteiger partial charge in [-0.3, -0.25) is 0 Å². The lowest BCUT2D eigenvalue weighted by Gasteiger charge is -2.22. The second kappa shape index (κ2) is 5.31. The first-order valence-corrected chi connectivity index (χ1v) is 5.06. The predicted molar refractivity (Wildman–Crippen MR) is 42.9 cm³/mol. The fourth-order valence-electron chi connectivity index (χ4n) is 0.588. The van der Waals surface area contributed by atoms with E-state index in [4.69, 9.17) is 18.0 Å². The van der Waals surface area contributed by atoms with Crippen LogP contribution in [0.4, 0.5) is 0 Å². The SMILES string of the molecule is C=COC[Si](OC)(OC)OC. The Kier molecular flexibility index (Phi) is 5.13. The van der Waals surface area contributed by atoms with Crippen LogP contribution in [-0.4, -0.2) is 36.4 Å². The van der Waals surface area contributed by atoms with Gasteiger partial charge in [-0.05, 0) is 0 Å². The van der Waals surface area contributed by atoms with Gasteiger partial charge in [0.05, 0.1) is 6.26 Å². The first-order chi connectivity index (χ1) is 5.24. The molecule has 0 N–H and O–H groups in total. The Morgan fingerprint density at radius 1 is 1.18 bits per heavy atom. The van der Waals surface area contributed by atoms with Crippen molar-refractivity contribution in [2.24, 2.45) is 0 Å². The second-order valence-corrected chi connectivity index (χ2v) is 4.65. The average Bonchev–Trinajstić information content (AvgIpc) is 2.08. The highest BCUT2D eigenvalue weighted by Crippen LogP contribution is 2.05. The third-order valence-corrected chi connectivity index (χ3v) is 3.70. The zero-order chi connectivity index (χ0) is 8.74. The third kappa shape index (κ3) is 3.02. The minimum Gasteiger partial charge on any atom is -0.497 e. The lowest BCUT2D eigenvalue weighted by atomic mass is 11.2. The van der Waals surface area contributed by atoms with E-state index in [1.807, 2.05) is 0 Å². The van der Waals surface area contributed by atoms with Crippen LogP contribution in [0.15, 0.2) is 12.8 Å². The van der Waals surface area contributed by atoms with Crippen molar-refractivity contribution in [3.8, 4) is 0 Å². The van der Waals surface area contributed by atoms with E-state index in [0.717, 1.165) is 0 Å². The van der Waals surface area contributed by atoms with Gasteiger partial charge in [-0.15, -0.1) is 0 Å². The summed E-state index contributed by atoms with van der Waals surface area (Å²) in [6.45, 7) is 3.40. The molecule has 0 rings (SSSR count). The van der Waals surface area contributed by atoms with Crippen LogP contribution < -0.4 is 0 Å². The van der Waals surface area contributed by atoms with Crippen LogP contribution in [0.1, 0.15) is 0 Å². The molecule has 4 nitrogen and oxygen atoms in total. The number of hydrogen-bond acceptors (Lipinski definition) is 4. The maximum absolute atomic E-state index is 5.06. The summed E-state index contributed by atoms with van der Waals surface area (Å²) in [6, 6.07) is 0. The summed E-state index contributed by atoms with van der Waals surface area (Å²) in [5.41, 5.74) is 0. The van der Waals surface area contributed by atoms with E-state index in [0.29, 0.717) is 6.23 Å². The molecule has 0 atom stereocenters. The van der Waals surface area contributed by atoms with Gasteiger partial charge in [0.1, 0.15) is 0 Å². The van der Waals surface area contributed by atoms with Crippen molar-refractivity contribution >= 4 is 8.80 Å². The molecule has 0 saturated heterocycles. The number of ether oxygens (including phenoxy) is 1. The highest BCUT2D eigenvalue weighted by atomic mass is 28.4. The number of rotatable bonds is 6. The minimum atomic E-state index is -2.53. The fourth-order valence-corrected chi connectivity index (χ4v) is 1.76. The van der Waals surface area contributed by atoms with Crippen molar-refractivity contribution < 1.29 is 18.0 Å². The number of hydrogen-bond donors (Lipinski definition) is 0. The zero-order valence-electron chi connectivity index (χ0n) is 7.12. The zero-order valence-corrected chi connectivity index (χ0v) is 8.12. The smallest absolute Gasteiger partial charge is 0.497 e. The average molecular weight is 178 g/mol. The van der Waals surface area contributed by atoms with Gasteiger partial charge in [0.25, 0.3) is 0 Å². The van der Waals surface area contributed by atoms with Crippen LogP contribution in [0, 0.1) is 0 Å². The Balaban J connectivity index is 3.93. The standard InChI is InChI=1S/C6H14O4Si/c1-5-10-6-11(7-2,8-3)9-4/h5H,1,6H2,2-4H3. The van der Waals surface area contributed by atoms with Crippen LogP contribution in [0.2, 0.25) is 0 Å². The van der Waals surface area contributed by atoms with E-state index < -0.39 is 8.80 Å². The van der Waals surface area contributed by atoms with Gasteiger partial charge in [0, 0.05) is 21.3 Å². The van der Waals surface area contributed by atoms with Gasteiger partial charge in [0.2, 0.25) is 0 Å². The highest BCUT2D eigenvalue weighted by molar-refractivity contribution is 6.60. The lowest BCUT2D eigenvalue weighted by molar-refractivity contribution is 0.0907. The first kappa shape index (κ1) is 10.6. The van der Waals surface area contributed by atoms with Crippen molar-refractivity contribution in [2.75, 3.05) is 27.6 Å². The van der Waals surface area contributed by atoms with E-state index in [9.17, 15) is 0 Å². The van der Waals surface area contributed by atoms with Crippen molar-refractivity contribution in [3.05, 3.63) is 12.8 Å². The molecular weight excluding hydrogens is 164 g/mol. The first-order valence-electron chi connectivity index (χ1n) is 3.12. The second-order valence-electron chi connectivity index (χ2n) is 1.77. The third-order valence-electron chi connectivity index (χ3n) is 1.31. The maximum atomic E-state index is 5.06. The summed E-state index contributed by atoms with van der Waals surface area (Å²) >= 11 is 0. The molecular formula is C6H14O4Si. The molecule has 0 radical (unpaired) electrons. The monoisotopic (exact) mass is 178 g/mol. The summed E-state index contributed by atoms with van der Waals surface area (Å²) < 4.78 is 20.1. The summed E-state index contributed by atoms with van der Waals surface area (Å²) in [7, 11) is 2.07. The van der Waals surface area contributed by atoms with Crippen molar-refractivity contribution in [2.45, 2.75) is 0 Å². The van der Waals surface area contributed by atoms with Gasteiger partial charge in [-0.2, -0.15) is 0 Å². The van der Waals surface area contributed by atoms with Crippen LogP contribution >= 0.6 is 0 Å². The summed E-state index contributed by atoms with van der Waals surface area (Å²) in [4.78, 5) is 0. The van der Waals surface area contributed by atoms with Crippen molar-refractivity contribution in [3.63, 3.8) is 0 Å². The molecule has 0 aromatic heterocycles. The van der Waals surface area contributed by atoms with E-state index in [2.05, 4.69) is 6.58 Å². The maximum Gasteiger partial charge on any atom is 0.539 e. The van der Waals surface area contributed by atoms with Gasteiger partial charge in [-0.1, -0.05) is 6.58 Å². The van der Waals surface area contributed by atoms with Gasteiger partial charge in [-0.25, -0.2) is 0 Å². The van der Waals surface area contributed by atoms with Crippen molar-refractivity contribution in [1.82, 2.24) is 0 Å². The molecule has 0 spiro atoms. The van der Waals surface area contributed by atoms with E-state index in [-0.39, 0.29) is 0 Å².